The van der Waals surface area contributed by atoms with Gasteiger partial charge in [-0.25, -0.2) is 19.3 Å². The lowest BCUT2D eigenvalue weighted by molar-refractivity contribution is -0.231. The fourth-order valence-corrected chi connectivity index (χ4v) is 4.45. The van der Waals surface area contributed by atoms with Gasteiger partial charge in [0, 0.05) is 31.5 Å². The number of nitrogens with zero attached hydrogens (tertiary/aromatic N) is 3. The number of rotatable bonds is 9. The lowest BCUT2D eigenvalue weighted by Gasteiger charge is -2.35. The molecule has 0 bridgehead atoms. The van der Waals surface area contributed by atoms with Crippen LogP contribution in [0.3, 0.4) is 0 Å². The summed E-state index contributed by atoms with van der Waals surface area (Å²) in [5.41, 5.74) is 1.69. The Morgan fingerprint density at radius 3 is 2.66 bits per heavy atom. The van der Waals surface area contributed by atoms with Crippen molar-refractivity contribution in [2.24, 2.45) is 5.41 Å². The van der Waals surface area contributed by atoms with Crippen LogP contribution < -0.4 is 10.6 Å². The predicted octanol–water partition coefficient (Wildman–Crippen LogP) is 3.84. The zero-order valence-electron chi connectivity index (χ0n) is 21.6. The molecular weight excluding hydrogens is 491 g/mol. The van der Waals surface area contributed by atoms with Crippen LogP contribution in [0.25, 0.3) is 22.6 Å². The number of hydrogen-bond acceptors (Lipinski definition) is 8. The average Bonchev–Trinajstić information content (AvgIpc) is 3.62. The molecule has 1 unspecified atom stereocenters. The minimum Gasteiger partial charge on any atom is -0.376 e. The number of aromatic nitrogens is 4. The Hall–Kier alpha value is -3.41. The van der Waals surface area contributed by atoms with Crippen molar-refractivity contribution in [3.8, 4) is 22.6 Å². The first-order valence-corrected chi connectivity index (χ1v) is 13.0. The summed E-state index contributed by atoms with van der Waals surface area (Å²) >= 11 is 0. The monoisotopic (exact) mass is 524 g/mol. The summed E-state index contributed by atoms with van der Waals surface area (Å²) in [7, 11) is 0. The van der Waals surface area contributed by atoms with Gasteiger partial charge in [0.15, 0.2) is 5.82 Å². The number of carbonyl (C=O) groups is 1. The van der Waals surface area contributed by atoms with Crippen LogP contribution in [0.2, 0.25) is 0 Å². The number of imidazole rings is 1. The Bertz CT molecular complexity index is 1240. The highest BCUT2D eigenvalue weighted by Gasteiger charge is 2.41. The fourth-order valence-electron chi connectivity index (χ4n) is 4.45. The molecule has 1 amide bonds. The maximum absolute atomic E-state index is 13.6. The standard InChI is InChI=1S/C27H33FN6O4/c1-3-11-29-26-30-12-10-20(32-26)22-21(17-6-8-18(28)9-7-17)33-23(34-22)24-37-15-27(2,16-38-24)25(35)31-14-19-5-4-13-36-19/h6-10,12,19,24H,3-5,11,13-16H2,1-2H3,(H,31,35)(H,33,34)(H,29,30,32). The quantitative estimate of drug-likeness (QED) is 0.386. The maximum Gasteiger partial charge on any atom is 0.230 e. The number of ether oxygens (including phenoxy) is 3. The highest BCUT2D eigenvalue weighted by atomic mass is 19.1. The lowest BCUT2D eigenvalue weighted by atomic mass is 9.91. The molecule has 3 aromatic rings. The molecule has 0 saturated carbocycles. The molecule has 202 valence electrons. The van der Waals surface area contributed by atoms with Crippen LogP contribution in [0.1, 0.15) is 45.2 Å². The SMILES string of the molecule is CCCNc1nccc(-c2[nH]c(C3OCC(C)(C(=O)NCC4CCCO4)CO3)nc2-c2ccc(F)cc2)n1. The third-order valence-corrected chi connectivity index (χ3v) is 6.68. The maximum atomic E-state index is 13.6. The number of H-pyrrole nitrogens is 1. The van der Waals surface area contributed by atoms with Gasteiger partial charge in [0.05, 0.1) is 41.8 Å². The van der Waals surface area contributed by atoms with Gasteiger partial charge in [-0.05, 0) is 56.5 Å². The largest absolute Gasteiger partial charge is 0.376 e. The third-order valence-electron chi connectivity index (χ3n) is 6.68. The normalized spacial score (nSPS) is 23.3. The van der Waals surface area contributed by atoms with Crippen LogP contribution in [-0.4, -0.2) is 64.9 Å². The molecule has 1 aromatic carbocycles. The molecule has 2 aliphatic rings. The minimum absolute atomic E-state index is 0.0617. The molecular formula is C27H33FN6O4. The first-order chi connectivity index (χ1) is 18.4. The Morgan fingerprint density at radius 2 is 1.95 bits per heavy atom. The lowest BCUT2D eigenvalue weighted by Crippen LogP contribution is -2.49. The minimum atomic E-state index is -0.836. The van der Waals surface area contributed by atoms with E-state index in [0.29, 0.717) is 41.0 Å². The highest BCUT2D eigenvalue weighted by Crippen LogP contribution is 2.35. The van der Waals surface area contributed by atoms with Crippen LogP contribution in [0.4, 0.5) is 10.3 Å². The van der Waals surface area contributed by atoms with Gasteiger partial charge in [-0.2, -0.15) is 0 Å². The van der Waals surface area contributed by atoms with E-state index in [2.05, 4.69) is 32.5 Å². The average molecular weight is 525 g/mol. The van der Waals surface area contributed by atoms with Crippen LogP contribution in [0.5, 0.6) is 0 Å². The molecule has 38 heavy (non-hydrogen) atoms. The van der Waals surface area contributed by atoms with Gasteiger partial charge >= 0.3 is 0 Å². The molecule has 3 N–H and O–H groups in total. The van der Waals surface area contributed by atoms with Crippen LogP contribution in [-0.2, 0) is 19.0 Å². The molecule has 10 nitrogen and oxygen atoms in total. The molecule has 0 aliphatic carbocycles. The second-order valence-corrected chi connectivity index (χ2v) is 9.90. The fraction of sp³-hybridized carbons (Fsp3) is 0.481. The number of carbonyl (C=O) groups excluding carboxylic acids is 1. The summed E-state index contributed by atoms with van der Waals surface area (Å²) in [6.07, 6.45) is 3.83. The molecule has 0 radical (unpaired) electrons. The van der Waals surface area contributed by atoms with E-state index >= 15 is 0 Å². The number of hydrogen-bond donors (Lipinski definition) is 3. The number of nitrogens with one attached hydrogen (secondary N) is 3. The molecule has 2 aromatic heterocycles. The summed E-state index contributed by atoms with van der Waals surface area (Å²) in [4.78, 5) is 29.8. The number of halogens is 1. The van der Waals surface area contributed by atoms with Crippen LogP contribution in [0.15, 0.2) is 36.5 Å². The van der Waals surface area contributed by atoms with Gasteiger partial charge in [0.25, 0.3) is 0 Å². The van der Waals surface area contributed by atoms with E-state index in [1.807, 2.05) is 6.92 Å². The van der Waals surface area contributed by atoms with Crippen molar-refractivity contribution in [1.29, 1.82) is 0 Å². The topological polar surface area (TPSA) is 123 Å². The summed E-state index contributed by atoms with van der Waals surface area (Å²) in [5.74, 6) is 0.463. The second kappa shape index (κ2) is 11.5. The van der Waals surface area contributed by atoms with E-state index < -0.39 is 11.7 Å². The Labute approximate surface area is 220 Å². The summed E-state index contributed by atoms with van der Waals surface area (Å²) in [5, 5.41) is 6.16. The van der Waals surface area contributed by atoms with Crippen molar-refractivity contribution in [2.75, 3.05) is 38.2 Å². The van der Waals surface area contributed by atoms with Gasteiger partial charge in [0.1, 0.15) is 5.82 Å². The van der Waals surface area contributed by atoms with E-state index in [-0.39, 0.29) is 31.0 Å². The first-order valence-electron chi connectivity index (χ1n) is 13.0. The van der Waals surface area contributed by atoms with Gasteiger partial charge in [-0.1, -0.05) is 6.92 Å². The molecule has 4 heterocycles. The van der Waals surface area contributed by atoms with E-state index in [1.54, 1.807) is 24.4 Å². The van der Waals surface area contributed by atoms with E-state index in [0.717, 1.165) is 32.4 Å². The number of anilines is 1. The summed E-state index contributed by atoms with van der Waals surface area (Å²) in [6, 6.07) is 7.87. The third kappa shape index (κ3) is 5.85. The smallest absolute Gasteiger partial charge is 0.230 e. The molecule has 2 fully saturated rings. The highest BCUT2D eigenvalue weighted by molar-refractivity contribution is 5.82. The van der Waals surface area contributed by atoms with Gasteiger partial charge in [0.2, 0.25) is 18.1 Å². The van der Waals surface area contributed by atoms with E-state index in [4.69, 9.17) is 19.2 Å². The molecule has 5 rings (SSSR count). The molecule has 2 aliphatic heterocycles. The van der Waals surface area contributed by atoms with E-state index in [1.165, 1.54) is 12.1 Å². The Balaban J connectivity index is 1.35. The molecule has 0 spiro atoms. The number of benzene rings is 1. The molecule has 1 atom stereocenters. The predicted molar refractivity (Wildman–Crippen MR) is 139 cm³/mol. The van der Waals surface area contributed by atoms with Crippen molar-refractivity contribution in [3.05, 3.63) is 48.2 Å². The Morgan fingerprint density at radius 1 is 1.16 bits per heavy atom. The molecule has 2 saturated heterocycles. The van der Waals surface area contributed by atoms with Gasteiger partial charge in [-0.15, -0.1) is 0 Å². The summed E-state index contributed by atoms with van der Waals surface area (Å²) < 4.78 is 31.2. The van der Waals surface area contributed by atoms with Crippen molar-refractivity contribution in [1.82, 2.24) is 25.3 Å². The van der Waals surface area contributed by atoms with E-state index in [9.17, 15) is 9.18 Å². The number of aromatic amines is 1. The summed E-state index contributed by atoms with van der Waals surface area (Å²) in [6.45, 7) is 6.17. The zero-order valence-corrected chi connectivity index (χ0v) is 21.6. The number of amides is 1. The van der Waals surface area contributed by atoms with Gasteiger partial charge in [-0.3, -0.25) is 4.79 Å². The van der Waals surface area contributed by atoms with Crippen LogP contribution in [0, 0.1) is 11.2 Å². The second-order valence-electron chi connectivity index (χ2n) is 9.90. The first kappa shape index (κ1) is 26.2. The van der Waals surface area contributed by atoms with Gasteiger partial charge < -0.3 is 29.8 Å². The zero-order chi connectivity index (χ0) is 26.5. The molecule has 11 heteroatoms. The Kier molecular flexibility index (Phi) is 7.96. The van der Waals surface area contributed by atoms with Crippen molar-refractivity contribution in [2.45, 2.75) is 45.5 Å². The van der Waals surface area contributed by atoms with Crippen molar-refractivity contribution >= 4 is 11.9 Å². The van der Waals surface area contributed by atoms with Crippen molar-refractivity contribution in [3.63, 3.8) is 0 Å². The van der Waals surface area contributed by atoms with Crippen molar-refractivity contribution < 1.29 is 23.4 Å². The van der Waals surface area contributed by atoms with Crippen LogP contribution >= 0.6 is 0 Å².